The topological polar surface area (TPSA) is 52.3 Å². The van der Waals surface area contributed by atoms with Gasteiger partial charge in [0, 0.05) is 5.56 Å². The standard InChI is InChI=1S/C12H15NO2/c13-8-12(14)9-4-6-11(7-5-9)15-10-2-1-3-10/h4-7,10H,1-3,8,13H2. The highest BCUT2D eigenvalue weighted by atomic mass is 16.5. The van der Waals surface area contributed by atoms with E-state index in [4.69, 9.17) is 10.5 Å². The van der Waals surface area contributed by atoms with Gasteiger partial charge >= 0.3 is 0 Å². The number of carbonyl (C=O) groups excluding carboxylic acids is 1. The molecule has 0 amide bonds. The SMILES string of the molecule is NCC(=O)c1ccc(OC2CCC2)cc1. The highest BCUT2D eigenvalue weighted by Gasteiger charge is 2.18. The van der Waals surface area contributed by atoms with Gasteiger partial charge in [-0.3, -0.25) is 4.79 Å². The Morgan fingerprint density at radius 1 is 1.33 bits per heavy atom. The first-order valence-corrected chi connectivity index (χ1v) is 5.29. The summed E-state index contributed by atoms with van der Waals surface area (Å²) in [4.78, 5) is 11.2. The number of ketones is 1. The average Bonchev–Trinajstić information content (AvgIpc) is 2.23. The van der Waals surface area contributed by atoms with Gasteiger partial charge in [-0.1, -0.05) is 0 Å². The third kappa shape index (κ3) is 2.36. The number of nitrogens with two attached hydrogens (primary N) is 1. The lowest BCUT2D eigenvalue weighted by Crippen LogP contribution is -2.24. The molecular weight excluding hydrogens is 190 g/mol. The molecule has 0 atom stereocenters. The van der Waals surface area contributed by atoms with Gasteiger partial charge in [-0.25, -0.2) is 0 Å². The highest BCUT2D eigenvalue weighted by molar-refractivity contribution is 5.97. The molecule has 0 unspecified atom stereocenters. The van der Waals surface area contributed by atoms with Crippen molar-refractivity contribution in [2.45, 2.75) is 25.4 Å². The largest absolute Gasteiger partial charge is 0.490 e. The van der Waals surface area contributed by atoms with Crippen LogP contribution in [-0.4, -0.2) is 18.4 Å². The van der Waals surface area contributed by atoms with Crippen molar-refractivity contribution in [1.82, 2.24) is 0 Å². The van der Waals surface area contributed by atoms with Gasteiger partial charge in [0.25, 0.3) is 0 Å². The summed E-state index contributed by atoms with van der Waals surface area (Å²) in [6.07, 6.45) is 3.92. The van der Waals surface area contributed by atoms with Crippen molar-refractivity contribution < 1.29 is 9.53 Å². The van der Waals surface area contributed by atoms with Crippen LogP contribution in [-0.2, 0) is 0 Å². The van der Waals surface area contributed by atoms with Crippen molar-refractivity contribution in [1.29, 1.82) is 0 Å². The van der Waals surface area contributed by atoms with Gasteiger partial charge in [0.15, 0.2) is 5.78 Å². The molecule has 0 aliphatic heterocycles. The molecule has 0 heterocycles. The fourth-order valence-corrected chi connectivity index (χ4v) is 1.52. The average molecular weight is 205 g/mol. The normalized spacial score (nSPS) is 15.8. The molecule has 0 spiro atoms. The van der Waals surface area contributed by atoms with Crippen molar-refractivity contribution in [3.05, 3.63) is 29.8 Å². The highest BCUT2D eigenvalue weighted by Crippen LogP contribution is 2.25. The van der Waals surface area contributed by atoms with E-state index >= 15 is 0 Å². The molecule has 1 aromatic carbocycles. The van der Waals surface area contributed by atoms with Crippen LogP contribution in [0.3, 0.4) is 0 Å². The second-order valence-electron chi connectivity index (χ2n) is 3.82. The van der Waals surface area contributed by atoms with Gasteiger partial charge in [-0.2, -0.15) is 0 Å². The zero-order chi connectivity index (χ0) is 10.7. The predicted molar refractivity (Wildman–Crippen MR) is 58.1 cm³/mol. The van der Waals surface area contributed by atoms with Crippen LogP contribution >= 0.6 is 0 Å². The van der Waals surface area contributed by atoms with Gasteiger partial charge in [-0.05, 0) is 43.5 Å². The lowest BCUT2D eigenvalue weighted by molar-refractivity contribution is 0.100. The summed E-state index contributed by atoms with van der Waals surface area (Å²) >= 11 is 0. The van der Waals surface area contributed by atoms with Crippen LogP contribution in [0.15, 0.2) is 24.3 Å². The van der Waals surface area contributed by atoms with Crippen LogP contribution in [0.5, 0.6) is 5.75 Å². The fraction of sp³-hybridized carbons (Fsp3) is 0.417. The first-order chi connectivity index (χ1) is 7.29. The minimum absolute atomic E-state index is 0.0369. The third-order valence-electron chi connectivity index (χ3n) is 2.72. The van der Waals surface area contributed by atoms with Crippen LogP contribution in [0, 0.1) is 0 Å². The van der Waals surface area contributed by atoms with Crippen LogP contribution in [0.25, 0.3) is 0 Å². The molecule has 2 N–H and O–H groups in total. The summed E-state index contributed by atoms with van der Waals surface area (Å²) < 4.78 is 5.68. The van der Waals surface area contributed by atoms with Crippen LogP contribution in [0.4, 0.5) is 0 Å². The number of benzene rings is 1. The number of hydrogen-bond donors (Lipinski definition) is 1. The van der Waals surface area contributed by atoms with E-state index in [2.05, 4.69) is 0 Å². The van der Waals surface area contributed by atoms with Crippen molar-refractivity contribution in [3.8, 4) is 5.75 Å². The summed E-state index contributed by atoms with van der Waals surface area (Å²) in [5.74, 6) is 0.804. The molecule has 3 nitrogen and oxygen atoms in total. The number of ether oxygens (including phenoxy) is 1. The van der Waals surface area contributed by atoms with E-state index in [9.17, 15) is 4.79 Å². The monoisotopic (exact) mass is 205 g/mol. The Bertz CT molecular complexity index is 341. The minimum atomic E-state index is -0.0369. The second-order valence-corrected chi connectivity index (χ2v) is 3.82. The maximum Gasteiger partial charge on any atom is 0.176 e. The minimum Gasteiger partial charge on any atom is -0.490 e. The van der Waals surface area contributed by atoms with Gasteiger partial charge in [0.05, 0.1) is 12.6 Å². The Morgan fingerprint density at radius 2 is 2.00 bits per heavy atom. The summed E-state index contributed by atoms with van der Waals surface area (Å²) in [5, 5.41) is 0. The van der Waals surface area contributed by atoms with E-state index in [0.717, 1.165) is 18.6 Å². The predicted octanol–water partition coefficient (Wildman–Crippen LogP) is 1.76. The summed E-state index contributed by atoms with van der Waals surface area (Å²) in [6.45, 7) is 0.0584. The molecule has 0 aromatic heterocycles. The van der Waals surface area contributed by atoms with Gasteiger partial charge < -0.3 is 10.5 Å². The number of hydrogen-bond acceptors (Lipinski definition) is 3. The Kier molecular flexibility index (Phi) is 3.02. The van der Waals surface area contributed by atoms with Gasteiger partial charge in [-0.15, -0.1) is 0 Å². The fourth-order valence-electron chi connectivity index (χ4n) is 1.52. The molecule has 1 saturated carbocycles. The van der Waals surface area contributed by atoms with Gasteiger partial charge in [0.2, 0.25) is 0 Å². The van der Waals surface area contributed by atoms with E-state index in [0.29, 0.717) is 11.7 Å². The van der Waals surface area contributed by atoms with Crippen LogP contribution in [0.1, 0.15) is 29.6 Å². The molecule has 0 radical (unpaired) electrons. The van der Waals surface area contributed by atoms with Crippen molar-refractivity contribution >= 4 is 5.78 Å². The maximum absolute atomic E-state index is 11.2. The summed E-state index contributed by atoms with van der Waals surface area (Å²) in [7, 11) is 0. The third-order valence-corrected chi connectivity index (χ3v) is 2.72. The van der Waals surface area contributed by atoms with Crippen molar-refractivity contribution in [2.75, 3.05) is 6.54 Å². The Morgan fingerprint density at radius 3 is 2.47 bits per heavy atom. The molecule has 1 aliphatic rings. The van der Waals surface area contributed by atoms with Crippen LogP contribution in [0.2, 0.25) is 0 Å². The lowest BCUT2D eigenvalue weighted by atomic mass is 9.96. The Labute approximate surface area is 89.2 Å². The number of carbonyl (C=O) groups is 1. The molecular formula is C12H15NO2. The zero-order valence-electron chi connectivity index (χ0n) is 8.61. The second kappa shape index (κ2) is 4.45. The molecule has 1 aromatic rings. The van der Waals surface area contributed by atoms with Crippen molar-refractivity contribution in [2.24, 2.45) is 5.73 Å². The molecule has 3 heteroatoms. The lowest BCUT2D eigenvalue weighted by Gasteiger charge is -2.26. The van der Waals surface area contributed by atoms with E-state index < -0.39 is 0 Å². The molecule has 80 valence electrons. The zero-order valence-corrected chi connectivity index (χ0v) is 8.61. The molecule has 1 aliphatic carbocycles. The van der Waals surface area contributed by atoms with Crippen molar-refractivity contribution in [3.63, 3.8) is 0 Å². The smallest absolute Gasteiger partial charge is 0.176 e. The molecule has 0 bridgehead atoms. The van der Waals surface area contributed by atoms with E-state index in [1.165, 1.54) is 6.42 Å². The molecule has 1 fully saturated rings. The number of Topliss-reactive ketones (excluding diaryl/α,β-unsaturated/α-hetero) is 1. The summed E-state index contributed by atoms with van der Waals surface area (Å²) in [5.41, 5.74) is 5.92. The molecule has 0 saturated heterocycles. The van der Waals surface area contributed by atoms with E-state index in [1.807, 2.05) is 12.1 Å². The van der Waals surface area contributed by atoms with E-state index in [1.54, 1.807) is 12.1 Å². The molecule has 15 heavy (non-hydrogen) atoms. The quantitative estimate of drug-likeness (QED) is 0.762. The summed E-state index contributed by atoms with van der Waals surface area (Å²) in [6, 6.07) is 7.20. The van der Waals surface area contributed by atoms with E-state index in [-0.39, 0.29) is 12.3 Å². The maximum atomic E-state index is 11.2. The number of rotatable bonds is 4. The Hall–Kier alpha value is -1.35. The molecule has 2 rings (SSSR count). The first-order valence-electron chi connectivity index (χ1n) is 5.29. The van der Waals surface area contributed by atoms with Gasteiger partial charge in [0.1, 0.15) is 5.75 Å². The Balaban J connectivity index is 1.99. The van der Waals surface area contributed by atoms with Crippen LogP contribution < -0.4 is 10.5 Å². The first kappa shape index (κ1) is 10.2.